The van der Waals surface area contributed by atoms with Crippen molar-refractivity contribution in [2.75, 3.05) is 11.9 Å². The second kappa shape index (κ2) is 4.76. The fraction of sp³-hybridized carbons (Fsp3) is 0.0625. The summed E-state index contributed by atoms with van der Waals surface area (Å²) < 4.78 is 0.545. The molecule has 102 valence electrons. The van der Waals surface area contributed by atoms with Crippen LogP contribution < -0.4 is 4.90 Å². The average molecular weight is 277 g/mol. The summed E-state index contributed by atoms with van der Waals surface area (Å²) in [6.45, 7) is 0. The second-order valence-corrected chi connectivity index (χ2v) is 4.65. The molecule has 0 radical (unpaired) electrons. The topological polar surface area (TPSA) is 70.2 Å². The molecule has 2 aromatic rings. The quantitative estimate of drug-likeness (QED) is 0.455. The van der Waals surface area contributed by atoms with E-state index in [0.717, 1.165) is 0 Å². The van der Waals surface area contributed by atoms with Gasteiger partial charge in [-0.3, -0.25) is 4.79 Å². The van der Waals surface area contributed by atoms with Gasteiger partial charge >= 0.3 is 5.91 Å². The standard InChI is InChI=1S/C16H11N3O2/c1-18-14-9-5-3-7-12(14)15(16(18)20)19(21)13-8-4-2-6-11(13)10-17/h2-9H,1H3/b19-15+. The molecule has 1 heterocycles. The van der Waals surface area contributed by atoms with Crippen molar-refractivity contribution in [3.8, 4) is 6.07 Å². The maximum absolute atomic E-state index is 12.6. The molecular weight excluding hydrogens is 266 g/mol. The number of likely N-dealkylation sites (N-methyl/N-ethyl adjacent to an activating group) is 1. The van der Waals surface area contributed by atoms with Crippen LogP contribution in [0.5, 0.6) is 0 Å². The Morgan fingerprint density at radius 3 is 2.57 bits per heavy atom. The molecule has 0 fully saturated rings. The first-order chi connectivity index (χ1) is 10.1. The number of hydrogen-bond donors (Lipinski definition) is 0. The van der Waals surface area contributed by atoms with Crippen molar-refractivity contribution in [3.05, 3.63) is 64.9 Å². The molecule has 0 aliphatic carbocycles. The van der Waals surface area contributed by atoms with Crippen LogP contribution in [0.2, 0.25) is 0 Å². The number of carbonyl (C=O) groups excluding carboxylic acids is 1. The highest BCUT2D eigenvalue weighted by molar-refractivity contribution is 6.52. The van der Waals surface area contributed by atoms with Crippen LogP contribution in [0.15, 0.2) is 48.5 Å². The van der Waals surface area contributed by atoms with Crippen LogP contribution in [0.1, 0.15) is 11.1 Å². The molecule has 5 heteroatoms. The Kier molecular flexibility index (Phi) is 2.92. The minimum absolute atomic E-state index is 0.0378. The Labute approximate surface area is 121 Å². The van der Waals surface area contributed by atoms with E-state index in [1.165, 1.54) is 11.0 Å². The molecule has 0 spiro atoms. The lowest BCUT2D eigenvalue weighted by atomic mass is 10.1. The molecule has 1 aliphatic rings. The van der Waals surface area contributed by atoms with Gasteiger partial charge in [-0.1, -0.05) is 24.3 Å². The van der Waals surface area contributed by atoms with E-state index in [2.05, 4.69) is 0 Å². The molecule has 1 aliphatic heterocycles. The molecule has 21 heavy (non-hydrogen) atoms. The predicted molar refractivity (Wildman–Crippen MR) is 78.4 cm³/mol. The normalized spacial score (nSPS) is 15.6. The largest absolute Gasteiger partial charge is 0.618 e. The van der Waals surface area contributed by atoms with Crippen LogP contribution >= 0.6 is 0 Å². The van der Waals surface area contributed by atoms with Crippen molar-refractivity contribution in [1.82, 2.24) is 0 Å². The Hall–Kier alpha value is -3.13. The van der Waals surface area contributed by atoms with Crippen LogP contribution in [0.25, 0.3) is 0 Å². The van der Waals surface area contributed by atoms with Gasteiger partial charge in [0.05, 0.1) is 11.3 Å². The van der Waals surface area contributed by atoms with Crippen LogP contribution in [-0.4, -0.2) is 23.4 Å². The number of para-hydroxylation sites is 2. The number of carbonyl (C=O) groups is 1. The van der Waals surface area contributed by atoms with E-state index in [1.54, 1.807) is 43.4 Å². The third-order valence-electron chi connectivity index (χ3n) is 3.47. The summed E-state index contributed by atoms with van der Waals surface area (Å²) >= 11 is 0. The van der Waals surface area contributed by atoms with Crippen molar-refractivity contribution >= 4 is 23.0 Å². The van der Waals surface area contributed by atoms with Gasteiger partial charge in [0.15, 0.2) is 0 Å². The minimum Gasteiger partial charge on any atom is -0.618 e. The monoisotopic (exact) mass is 277 g/mol. The zero-order valence-corrected chi connectivity index (χ0v) is 11.3. The number of nitrogens with zero attached hydrogens (tertiary/aromatic N) is 3. The number of rotatable bonds is 1. The summed E-state index contributed by atoms with van der Waals surface area (Å²) in [4.78, 5) is 13.8. The number of nitriles is 1. The van der Waals surface area contributed by atoms with E-state index >= 15 is 0 Å². The SMILES string of the molecule is CN1C(=O)/C(=[N+](/[O-])c2ccccc2C#N)c2ccccc21. The van der Waals surface area contributed by atoms with E-state index in [-0.39, 0.29) is 22.9 Å². The first kappa shape index (κ1) is 12.9. The summed E-state index contributed by atoms with van der Waals surface area (Å²) in [5, 5.41) is 21.7. The van der Waals surface area contributed by atoms with E-state index in [1.807, 2.05) is 12.1 Å². The lowest BCUT2D eigenvalue weighted by Gasteiger charge is -2.08. The number of amides is 1. The number of benzene rings is 2. The summed E-state index contributed by atoms with van der Waals surface area (Å²) in [5.41, 5.74) is 1.71. The van der Waals surface area contributed by atoms with Crippen LogP contribution in [-0.2, 0) is 4.79 Å². The van der Waals surface area contributed by atoms with E-state index in [4.69, 9.17) is 5.26 Å². The molecular formula is C16H11N3O2. The zero-order valence-electron chi connectivity index (χ0n) is 11.3. The smallest absolute Gasteiger partial charge is 0.324 e. The van der Waals surface area contributed by atoms with Gasteiger partial charge < -0.3 is 10.1 Å². The minimum atomic E-state index is -0.376. The number of fused-ring (bicyclic) bond motifs is 1. The summed E-state index contributed by atoms with van der Waals surface area (Å²) in [5.74, 6) is -0.376. The van der Waals surface area contributed by atoms with Crippen molar-refractivity contribution in [2.45, 2.75) is 0 Å². The first-order valence-electron chi connectivity index (χ1n) is 6.36. The summed E-state index contributed by atoms with van der Waals surface area (Å²) in [6, 6.07) is 15.5. The van der Waals surface area contributed by atoms with Gasteiger partial charge in [0.2, 0.25) is 5.69 Å². The number of anilines is 1. The predicted octanol–water partition coefficient (Wildman–Crippen LogP) is 2.17. The third kappa shape index (κ3) is 1.85. The Balaban J connectivity index is 2.28. The molecule has 3 rings (SSSR count). The number of hydrogen-bond acceptors (Lipinski definition) is 3. The van der Waals surface area contributed by atoms with Crippen molar-refractivity contribution in [1.29, 1.82) is 5.26 Å². The van der Waals surface area contributed by atoms with Gasteiger partial charge in [-0.05, 0) is 18.2 Å². The third-order valence-corrected chi connectivity index (χ3v) is 3.47. The van der Waals surface area contributed by atoms with E-state index in [9.17, 15) is 10.0 Å². The molecule has 0 unspecified atom stereocenters. The molecule has 0 atom stereocenters. The van der Waals surface area contributed by atoms with Gasteiger partial charge in [-0.25, -0.2) is 0 Å². The Morgan fingerprint density at radius 1 is 1.14 bits per heavy atom. The van der Waals surface area contributed by atoms with Gasteiger partial charge in [0.1, 0.15) is 11.6 Å². The Bertz CT molecular complexity index is 818. The maximum atomic E-state index is 12.6. The van der Waals surface area contributed by atoms with Crippen LogP contribution in [0, 0.1) is 16.5 Å². The van der Waals surface area contributed by atoms with Gasteiger partial charge in [-0.2, -0.15) is 10.0 Å². The first-order valence-corrected chi connectivity index (χ1v) is 6.36. The van der Waals surface area contributed by atoms with Crippen molar-refractivity contribution in [3.63, 3.8) is 0 Å². The maximum Gasteiger partial charge on any atom is 0.324 e. The highest BCUT2D eigenvalue weighted by Crippen LogP contribution is 2.29. The molecule has 1 amide bonds. The molecule has 0 saturated heterocycles. The highest BCUT2D eigenvalue weighted by Gasteiger charge is 2.38. The lowest BCUT2D eigenvalue weighted by molar-refractivity contribution is -0.359. The van der Waals surface area contributed by atoms with Crippen LogP contribution in [0.3, 0.4) is 0 Å². The van der Waals surface area contributed by atoms with Gasteiger partial charge in [0, 0.05) is 13.1 Å². The van der Waals surface area contributed by atoms with Crippen molar-refractivity contribution in [2.24, 2.45) is 0 Å². The van der Waals surface area contributed by atoms with Gasteiger partial charge in [-0.15, -0.1) is 0 Å². The van der Waals surface area contributed by atoms with Gasteiger partial charge in [0.25, 0.3) is 5.71 Å². The zero-order chi connectivity index (χ0) is 15.0. The molecule has 0 bridgehead atoms. The molecule has 0 aromatic heterocycles. The highest BCUT2D eigenvalue weighted by atomic mass is 16.5. The molecule has 0 N–H and O–H groups in total. The fourth-order valence-electron chi connectivity index (χ4n) is 2.41. The summed E-state index contributed by atoms with van der Waals surface area (Å²) in [6.07, 6.45) is 0. The van der Waals surface area contributed by atoms with Crippen LogP contribution in [0.4, 0.5) is 11.4 Å². The molecule has 0 saturated carbocycles. The molecule has 5 nitrogen and oxygen atoms in total. The Morgan fingerprint density at radius 2 is 1.81 bits per heavy atom. The lowest BCUT2D eigenvalue weighted by Crippen LogP contribution is -2.29. The van der Waals surface area contributed by atoms with E-state index < -0.39 is 0 Å². The van der Waals surface area contributed by atoms with Crippen molar-refractivity contribution < 1.29 is 9.53 Å². The van der Waals surface area contributed by atoms with E-state index in [0.29, 0.717) is 16.0 Å². The fourth-order valence-corrected chi connectivity index (χ4v) is 2.41. The summed E-state index contributed by atoms with van der Waals surface area (Å²) in [7, 11) is 1.62. The second-order valence-electron chi connectivity index (χ2n) is 4.65. The molecule has 2 aromatic carbocycles. The average Bonchev–Trinajstić information content (AvgIpc) is 2.78.